The summed E-state index contributed by atoms with van der Waals surface area (Å²) in [4.78, 5) is 22.1. The summed E-state index contributed by atoms with van der Waals surface area (Å²) in [5.74, 6) is -0.00924. The van der Waals surface area contributed by atoms with Gasteiger partial charge in [-0.1, -0.05) is 6.07 Å². The number of hydrogen-bond donors (Lipinski definition) is 2. The van der Waals surface area contributed by atoms with Crippen LogP contribution in [0.15, 0.2) is 18.2 Å². The van der Waals surface area contributed by atoms with E-state index >= 15 is 0 Å². The Kier molecular flexibility index (Phi) is 4.98. The molecule has 0 saturated carbocycles. The van der Waals surface area contributed by atoms with Crippen LogP contribution in [0.1, 0.15) is 15.9 Å². The van der Waals surface area contributed by atoms with Crippen LogP contribution in [-0.2, 0) is 11.2 Å². The van der Waals surface area contributed by atoms with Gasteiger partial charge in [0.1, 0.15) is 11.3 Å². The van der Waals surface area contributed by atoms with Gasteiger partial charge in [0.25, 0.3) is 0 Å². The number of carbonyl (C=O) groups excluding carboxylic acids is 2. The van der Waals surface area contributed by atoms with Crippen LogP contribution >= 0.6 is 0 Å². The number of rotatable bonds is 5. The van der Waals surface area contributed by atoms with Crippen LogP contribution < -0.4 is 15.8 Å². The minimum atomic E-state index is -0.572. The largest absolute Gasteiger partial charge is 0.496 e. The van der Waals surface area contributed by atoms with Crippen LogP contribution in [0.5, 0.6) is 5.75 Å². The van der Waals surface area contributed by atoms with E-state index in [0.29, 0.717) is 24.3 Å². The van der Waals surface area contributed by atoms with E-state index < -0.39 is 12.0 Å². The SMILES string of the molecule is COC(=O)c1cc(CCNC(N)=O)ccc1OC. The first kappa shape index (κ1) is 13.8. The first-order chi connectivity index (χ1) is 8.58. The van der Waals surface area contributed by atoms with Gasteiger partial charge in [0.2, 0.25) is 0 Å². The van der Waals surface area contributed by atoms with Crippen molar-refractivity contribution in [2.45, 2.75) is 6.42 Å². The molecular weight excluding hydrogens is 236 g/mol. The molecule has 2 amide bonds. The number of nitrogens with one attached hydrogen (secondary N) is 1. The van der Waals surface area contributed by atoms with Crippen molar-refractivity contribution < 1.29 is 19.1 Å². The predicted molar refractivity (Wildman–Crippen MR) is 65.6 cm³/mol. The molecule has 1 rings (SSSR count). The molecule has 6 nitrogen and oxygen atoms in total. The molecular formula is C12H16N2O4. The highest BCUT2D eigenvalue weighted by Gasteiger charge is 2.13. The van der Waals surface area contributed by atoms with E-state index in [4.69, 9.17) is 10.5 Å². The molecule has 3 N–H and O–H groups in total. The minimum absolute atomic E-state index is 0.358. The van der Waals surface area contributed by atoms with Crippen molar-refractivity contribution in [1.82, 2.24) is 5.32 Å². The zero-order valence-electron chi connectivity index (χ0n) is 10.4. The average molecular weight is 252 g/mol. The summed E-state index contributed by atoms with van der Waals surface area (Å²) < 4.78 is 9.74. The molecule has 1 aromatic carbocycles. The first-order valence-electron chi connectivity index (χ1n) is 5.37. The van der Waals surface area contributed by atoms with Crippen LogP contribution in [-0.4, -0.2) is 32.8 Å². The monoisotopic (exact) mass is 252 g/mol. The lowest BCUT2D eigenvalue weighted by atomic mass is 10.1. The maximum atomic E-state index is 11.5. The number of nitrogens with two attached hydrogens (primary N) is 1. The summed E-state index contributed by atoms with van der Waals surface area (Å²) in [5.41, 5.74) is 6.20. The fourth-order valence-electron chi connectivity index (χ4n) is 1.51. The number of esters is 1. The van der Waals surface area contributed by atoms with Crippen molar-refractivity contribution in [3.05, 3.63) is 29.3 Å². The maximum Gasteiger partial charge on any atom is 0.341 e. The lowest BCUT2D eigenvalue weighted by molar-refractivity contribution is 0.0597. The van der Waals surface area contributed by atoms with Crippen LogP contribution in [0.25, 0.3) is 0 Å². The summed E-state index contributed by atoms with van der Waals surface area (Å²) in [6.45, 7) is 0.405. The zero-order chi connectivity index (χ0) is 13.5. The molecule has 0 heterocycles. The molecule has 0 saturated heterocycles. The molecule has 0 aliphatic carbocycles. The smallest absolute Gasteiger partial charge is 0.341 e. The van der Waals surface area contributed by atoms with E-state index in [0.717, 1.165) is 5.56 Å². The number of hydrogen-bond acceptors (Lipinski definition) is 4. The lowest BCUT2D eigenvalue weighted by Gasteiger charge is -2.09. The average Bonchev–Trinajstić information content (AvgIpc) is 2.37. The fraction of sp³-hybridized carbons (Fsp3) is 0.333. The Morgan fingerprint density at radius 2 is 2.06 bits per heavy atom. The Balaban J connectivity index is 2.82. The van der Waals surface area contributed by atoms with Crippen molar-refractivity contribution in [1.29, 1.82) is 0 Å². The van der Waals surface area contributed by atoms with Gasteiger partial charge in [0.05, 0.1) is 14.2 Å². The highest BCUT2D eigenvalue weighted by Crippen LogP contribution is 2.20. The van der Waals surface area contributed by atoms with Gasteiger partial charge in [-0.25, -0.2) is 9.59 Å². The Morgan fingerprint density at radius 1 is 1.33 bits per heavy atom. The van der Waals surface area contributed by atoms with E-state index in [2.05, 4.69) is 10.1 Å². The highest BCUT2D eigenvalue weighted by molar-refractivity contribution is 5.92. The number of primary amides is 1. The molecule has 0 radical (unpaired) electrons. The molecule has 98 valence electrons. The van der Waals surface area contributed by atoms with Crippen LogP contribution in [0.3, 0.4) is 0 Å². The summed E-state index contributed by atoms with van der Waals surface area (Å²) in [6, 6.07) is 4.60. The van der Waals surface area contributed by atoms with Gasteiger partial charge in [0, 0.05) is 6.54 Å². The van der Waals surface area contributed by atoms with Gasteiger partial charge in [-0.15, -0.1) is 0 Å². The quantitative estimate of drug-likeness (QED) is 0.754. The van der Waals surface area contributed by atoms with Gasteiger partial charge >= 0.3 is 12.0 Å². The number of benzene rings is 1. The topological polar surface area (TPSA) is 90.6 Å². The third-order valence-electron chi connectivity index (χ3n) is 2.38. The summed E-state index contributed by atoms with van der Waals surface area (Å²) in [7, 11) is 2.79. The van der Waals surface area contributed by atoms with Gasteiger partial charge in [-0.05, 0) is 24.1 Å². The number of carbonyl (C=O) groups is 2. The minimum Gasteiger partial charge on any atom is -0.496 e. The highest BCUT2D eigenvalue weighted by atomic mass is 16.5. The Morgan fingerprint density at radius 3 is 2.61 bits per heavy atom. The normalized spacial score (nSPS) is 9.67. The first-order valence-corrected chi connectivity index (χ1v) is 5.37. The van der Waals surface area contributed by atoms with Gasteiger partial charge in [0.15, 0.2) is 0 Å². The Bertz CT molecular complexity index is 446. The number of ether oxygens (including phenoxy) is 2. The van der Waals surface area contributed by atoms with Gasteiger partial charge < -0.3 is 20.5 Å². The van der Waals surface area contributed by atoms with Crippen molar-refractivity contribution in [2.75, 3.05) is 20.8 Å². The summed E-state index contributed by atoms with van der Waals surface area (Å²) >= 11 is 0. The van der Waals surface area contributed by atoms with E-state index in [-0.39, 0.29) is 0 Å². The number of urea groups is 1. The summed E-state index contributed by atoms with van der Waals surface area (Å²) in [6.07, 6.45) is 0.566. The van der Waals surface area contributed by atoms with Crippen molar-refractivity contribution >= 4 is 12.0 Å². The fourth-order valence-corrected chi connectivity index (χ4v) is 1.51. The number of methoxy groups -OCH3 is 2. The molecule has 0 spiro atoms. The third-order valence-corrected chi connectivity index (χ3v) is 2.38. The Labute approximate surface area is 105 Å². The van der Waals surface area contributed by atoms with Gasteiger partial charge in [-0.3, -0.25) is 0 Å². The molecule has 18 heavy (non-hydrogen) atoms. The van der Waals surface area contributed by atoms with Crippen LogP contribution in [0.2, 0.25) is 0 Å². The van der Waals surface area contributed by atoms with E-state index in [1.807, 2.05) is 6.07 Å². The van der Waals surface area contributed by atoms with Crippen molar-refractivity contribution in [2.24, 2.45) is 5.73 Å². The molecule has 0 bridgehead atoms. The number of amides is 2. The van der Waals surface area contributed by atoms with Gasteiger partial charge in [-0.2, -0.15) is 0 Å². The molecule has 0 unspecified atom stereocenters. The second-order valence-electron chi connectivity index (χ2n) is 3.57. The lowest BCUT2D eigenvalue weighted by Crippen LogP contribution is -2.30. The van der Waals surface area contributed by atoms with Crippen LogP contribution in [0, 0.1) is 0 Å². The van der Waals surface area contributed by atoms with Crippen molar-refractivity contribution in [3.8, 4) is 5.75 Å². The van der Waals surface area contributed by atoms with Crippen molar-refractivity contribution in [3.63, 3.8) is 0 Å². The van der Waals surface area contributed by atoms with E-state index in [9.17, 15) is 9.59 Å². The second-order valence-corrected chi connectivity index (χ2v) is 3.57. The second kappa shape index (κ2) is 6.48. The van der Waals surface area contributed by atoms with E-state index in [1.54, 1.807) is 12.1 Å². The predicted octanol–water partition coefficient (Wildman–Crippen LogP) is 0.693. The molecule has 6 heteroatoms. The Hall–Kier alpha value is -2.24. The molecule has 0 aliphatic heterocycles. The third kappa shape index (κ3) is 3.65. The molecule has 0 fully saturated rings. The van der Waals surface area contributed by atoms with E-state index in [1.165, 1.54) is 14.2 Å². The van der Waals surface area contributed by atoms with Crippen LogP contribution in [0.4, 0.5) is 4.79 Å². The molecule has 0 atom stereocenters. The standard InChI is InChI=1S/C12H16N2O4/c1-17-10-4-3-8(5-6-14-12(13)16)7-9(10)11(15)18-2/h3-4,7H,5-6H2,1-2H3,(H3,13,14,16). The zero-order valence-corrected chi connectivity index (χ0v) is 10.4. The summed E-state index contributed by atoms with van der Waals surface area (Å²) in [5, 5.41) is 2.48. The molecule has 0 aromatic heterocycles. The maximum absolute atomic E-state index is 11.5. The molecule has 1 aromatic rings. The molecule has 0 aliphatic rings.